The number of hydrogen-bond acceptors (Lipinski definition) is 2. The first kappa shape index (κ1) is 20.2. The van der Waals surface area contributed by atoms with Crippen LogP contribution in [0.1, 0.15) is 90.9 Å². The van der Waals surface area contributed by atoms with E-state index in [0.717, 1.165) is 36.5 Å². The normalized spacial score (nSPS) is 37.8. The largest absolute Gasteiger partial charge is 0.353 e. The molecule has 4 rings (SSSR count). The van der Waals surface area contributed by atoms with E-state index in [4.69, 9.17) is 0 Å². The molecule has 8 atom stereocenters. The van der Waals surface area contributed by atoms with Crippen LogP contribution in [0.2, 0.25) is 0 Å². The molecule has 2 amide bonds. The zero-order chi connectivity index (χ0) is 19.7. The molecule has 158 valence electrons. The summed E-state index contributed by atoms with van der Waals surface area (Å²) in [5, 5.41) is 6.48. The maximum absolute atomic E-state index is 12.3. The van der Waals surface area contributed by atoms with Crippen molar-refractivity contribution in [3.63, 3.8) is 0 Å². The molecule has 0 aromatic heterocycles. The summed E-state index contributed by atoms with van der Waals surface area (Å²) in [5.41, 5.74) is 0. The van der Waals surface area contributed by atoms with Crippen LogP contribution in [0.3, 0.4) is 0 Å². The topological polar surface area (TPSA) is 58.2 Å². The molecule has 0 saturated heterocycles. The van der Waals surface area contributed by atoms with Crippen molar-refractivity contribution in [2.45, 2.75) is 103 Å². The molecule has 4 aliphatic rings. The summed E-state index contributed by atoms with van der Waals surface area (Å²) in [6, 6.07) is 0.627. The average molecular weight is 389 g/mol. The maximum atomic E-state index is 12.3. The third-order valence-corrected chi connectivity index (χ3v) is 8.71. The highest BCUT2D eigenvalue weighted by molar-refractivity contribution is 5.77. The zero-order valence-electron chi connectivity index (χ0n) is 17.9. The summed E-state index contributed by atoms with van der Waals surface area (Å²) < 4.78 is 0. The van der Waals surface area contributed by atoms with Crippen molar-refractivity contribution in [3.05, 3.63) is 0 Å². The molecule has 4 bridgehead atoms. The van der Waals surface area contributed by atoms with Crippen LogP contribution in [0.15, 0.2) is 0 Å². The van der Waals surface area contributed by atoms with Crippen molar-refractivity contribution < 1.29 is 9.59 Å². The van der Waals surface area contributed by atoms with Crippen molar-refractivity contribution in [2.75, 3.05) is 0 Å². The number of carbonyl (C=O) groups is 2. The highest BCUT2D eigenvalue weighted by Crippen LogP contribution is 2.50. The highest BCUT2D eigenvalue weighted by atomic mass is 16.2. The summed E-state index contributed by atoms with van der Waals surface area (Å²) in [6.45, 7) is 4.38. The molecule has 28 heavy (non-hydrogen) atoms. The Morgan fingerprint density at radius 3 is 1.46 bits per heavy atom. The molecule has 4 saturated carbocycles. The minimum Gasteiger partial charge on any atom is -0.353 e. The molecule has 0 aromatic rings. The molecule has 0 heterocycles. The Morgan fingerprint density at radius 1 is 0.714 bits per heavy atom. The fourth-order valence-corrected chi connectivity index (χ4v) is 7.25. The predicted octanol–water partition coefficient (Wildman–Crippen LogP) is 4.43. The molecule has 0 aliphatic heterocycles. The second-order valence-corrected chi connectivity index (χ2v) is 10.6. The molecule has 4 fully saturated rings. The van der Waals surface area contributed by atoms with E-state index in [1.165, 1.54) is 51.4 Å². The van der Waals surface area contributed by atoms with Gasteiger partial charge in [-0.2, -0.15) is 0 Å². The first-order valence-electron chi connectivity index (χ1n) is 12.1. The summed E-state index contributed by atoms with van der Waals surface area (Å²) in [6.07, 6.45) is 13.7. The van der Waals surface area contributed by atoms with Crippen molar-refractivity contribution in [1.82, 2.24) is 10.6 Å². The van der Waals surface area contributed by atoms with Gasteiger partial charge >= 0.3 is 0 Å². The quantitative estimate of drug-likeness (QED) is 0.574. The Labute approximate surface area is 171 Å². The van der Waals surface area contributed by atoms with Crippen LogP contribution in [0.25, 0.3) is 0 Å². The predicted molar refractivity (Wildman–Crippen MR) is 112 cm³/mol. The fraction of sp³-hybridized carbons (Fsp3) is 0.917. The zero-order valence-corrected chi connectivity index (χ0v) is 17.9. The van der Waals surface area contributed by atoms with Gasteiger partial charge in [0.2, 0.25) is 11.8 Å². The molecule has 0 spiro atoms. The monoisotopic (exact) mass is 388 g/mol. The van der Waals surface area contributed by atoms with E-state index in [1.807, 2.05) is 0 Å². The Hall–Kier alpha value is -1.06. The number of fused-ring (bicyclic) bond motifs is 4. The van der Waals surface area contributed by atoms with Crippen molar-refractivity contribution in [1.29, 1.82) is 0 Å². The molecule has 0 aromatic carbocycles. The molecule has 4 heteroatoms. The Balaban J connectivity index is 1.07. The number of nitrogens with one attached hydrogen (secondary N) is 2. The van der Waals surface area contributed by atoms with Gasteiger partial charge in [-0.25, -0.2) is 0 Å². The van der Waals surface area contributed by atoms with E-state index in [2.05, 4.69) is 24.5 Å². The number of unbranched alkanes of at least 4 members (excludes halogenated alkanes) is 1. The molecule has 4 aliphatic carbocycles. The lowest BCUT2D eigenvalue weighted by atomic mass is 9.84. The van der Waals surface area contributed by atoms with E-state index in [-0.39, 0.29) is 11.8 Å². The van der Waals surface area contributed by atoms with E-state index < -0.39 is 0 Å². The van der Waals surface area contributed by atoms with E-state index in [9.17, 15) is 9.59 Å². The van der Waals surface area contributed by atoms with E-state index in [0.29, 0.717) is 36.8 Å². The third-order valence-electron chi connectivity index (χ3n) is 8.71. The van der Waals surface area contributed by atoms with Gasteiger partial charge in [0.15, 0.2) is 0 Å². The second kappa shape index (κ2) is 8.75. The lowest BCUT2D eigenvalue weighted by Gasteiger charge is -2.28. The van der Waals surface area contributed by atoms with Gasteiger partial charge in [0.05, 0.1) is 0 Å². The van der Waals surface area contributed by atoms with E-state index in [1.54, 1.807) is 0 Å². The number of rotatable bonds is 9. The van der Waals surface area contributed by atoms with Gasteiger partial charge in [0.25, 0.3) is 0 Å². The number of hydrogen-bond donors (Lipinski definition) is 2. The standard InChI is InChI=1S/C24H40N2O2/c1-15(21-13-17-7-9-19(21)11-17)25-23(27)5-3-4-6-24(28)26-16(2)22-14-18-8-10-20(22)12-18/h15-22H,3-14H2,1-2H3,(H,25,27)(H,26,28)/t15-,16-,17+,18+,19+,20+,21-,22-/m0/s1. The molecular formula is C24H40N2O2. The second-order valence-electron chi connectivity index (χ2n) is 10.6. The minimum atomic E-state index is 0.172. The summed E-state index contributed by atoms with van der Waals surface area (Å²) in [4.78, 5) is 24.5. The molecule has 0 unspecified atom stereocenters. The Kier molecular flexibility index (Phi) is 6.32. The van der Waals surface area contributed by atoms with Crippen molar-refractivity contribution in [3.8, 4) is 0 Å². The van der Waals surface area contributed by atoms with Gasteiger partial charge in [-0.1, -0.05) is 12.8 Å². The Bertz CT molecular complexity index is 527. The average Bonchev–Trinajstić information content (AvgIpc) is 3.46. The van der Waals surface area contributed by atoms with Gasteiger partial charge < -0.3 is 10.6 Å². The first-order valence-corrected chi connectivity index (χ1v) is 12.1. The maximum Gasteiger partial charge on any atom is 0.220 e. The third kappa shape index (κ3) is 4.57. The van der Waals surface area contributed by atoms with Gasteiger partial charge in [-0.05, 0) is 101 Å². The molecular weight excluding hydrogens is 348 g/mol. The van der Waals surface area contributed by atoms with Crippen LogP contribution in [0.4, 0.5) is 0 Å². The molecule has 4 nitrogen and oxygen atoms in total. The minimum absolute atomic E-state index is 0.172. The van der Waals surface area contributed by atoms with Crippen LogP contribution in [-0.4, -0.2) is 23.9 Å². The van der Waals surface area contributed by atoms with Crippen molar-refractivity contribution in [2.24, 2.45) is 35.5 Å². The highest BCUT2D eigenvalue weighted by Gasteiger charge is 2.43. The van der Waals surface area contributed by atoms with Gasteiger partial charge in [-0.15, -0.1) is 0 Å². The first-order chi connectivity index (χ1) is 13.5. The smallest absolute Gasteiger partial charge is 0.220 e. The van der Waals surface area contributed by atoms with Gasteiger partial charge in [0.1, 0.15) is 0 Å². The molecule has 0 radical (unpaired) electrons. The van der Waals surface area contributed by atoms with Crippen LogP contribution >= 0.6 is 0 Å². The summed E-state index contributed by atoms with van der Waals surface area (Å²) in [5.74, 6) is 5.28. The lowest BCUT2D eigenvalue weighted by molar-refractivity contribution is -0.124. The summed E-state index contributed by atoms with van der Waals surface area (Å²) in [7, 11) is 0. The van der Waals surface area contributed by atoms with Crippen LogP contribution in [0, 0.1) is 35.5 Å². The fourth-order valence-electron chi connectivity index (χ4n) is 7.25. The number of carbonyl (C=O) groups excluding carboxylic acids is 2. The van der Waals surface area contributed by atoms with Gasteiger partial charge in [0, 0.05) is 24.9 Å². The SMILES string of the molecule is C[C@H](NC(=O)CCCCC(=O)N[C@@H](C)[C@@H]1C[C@@H]2CC[C@@H]1C2)[C@@H]1C[C@@H]2CC[C@@H]1C2. The lowest BCUT2D eigenvalue weighted by Crippen LogP contribution is -2.40. The van der Waals surface area contributed by atoms with Gasteiger partial charge in [-0.3, -0.25) is 9.59 Å². The van der Waals surface area contributed by atoms with Crippen LogP contribution < -0.4 is 10.6 Å². The van der Waals surface area contributed by atoms with E-state index >= 15 is 0 Å². The molecule has 2 N–H and O–H groups in total. The summed E-state index contributed by atoms with van der Waals surface area (Å²) >= 11 is 0. The number of amides is 2. The Morgan fingerprint density at radius 2 is 1.14 bits per heavy atom. The van der Waals surface area contributed by atoms with Crippen LogP contribution in [-0.2, 0) is 9.59 Å². The van der Waals surface area contributed by atoms with Crippen LogP contribution in [0.5, 0.6) is 0 Å². The van der Waals surface area contributed by atoms with Crippen molar-refractivity contribution >= 4 is 11.8 Å².